The van der Waals surface area contributed by atoms with Crippen LogP contribution < -0.4 is 15.2 Å². The number of nitrogens with zero attached hydrogens (tertiary/aromatic N) is 2. The van der Waals surface area contributed by atoms with Crippen LogP contribution in [-0.4, -0.2) is 37.3 Å². The second-order valence-electron chi connectivity index (χ2n) is 4.45. The van der Waals surface area contributed by atoms with Gasteiger partial charge in [-0.2, -0.15) is 0 Å². The van der Waals surface area contributed by atoms with E-state index in [2.05, 4.69) is 9.97 Å². The quantitative estimate of drug-likeness (QED) is 0.861. The van der Waals surface area contributed by atoms with Crippen molar-refractivity contribution in [2.75, 3.05) is 27.1 Å². The number of carbonyl (C=O) groups is 1. The third-order valence-corrected chi connectivity index (χ3v) is 3.15. The Hall–Kier alpha value is -2.83. The zero-order chi connectivity index (χ0) is 16.3. The summed E-state index contributed by atoms with van der Waals surface area (Å²) in [5.74, 6) is 0.646. The number of nitrogens with two attached hydrogens (primary N) is 1. The van der Waals surface area contributed by atoms with E-state index in [0.29, 0.717) is 28.5 Å². The highest BCUT2D eigenvalue weighted by molar-refractivity contribution is 5.97. The lowest BCUT2D eigenvalue weighted by Gasteiger charge is -2.13. The van der Waals surface area contributed by atoms with Gasteiger partial charge in [0.25, 0.3) is 0 Å². The highest BCUT2D eigenvalue weighted by atomic mass is 16.5. The Morgan fingerprint density at radius 2 is 1.77 bits per heavy atom. The summed E-state index contributed by atoms with van der Waals surface area (Å²) >= 11 is 0. The van der Waals surface area contributed by atoms with Crippen molar-refractivity contribution in [2.45, 2.75) is 6.92 Å². The predicted molar refractivity (Wildman–Crippen MR) is 81.1 cm³/mol. The fraction of sp³-hybridized carbons (Fsp3) is 0.267. The van der Waals surface area contributed by atoms with Crippen molar-refractivity contribution in [3.8, 4) is 22.8 Å². The number of aryl methyl sites for hydroxylation is 1. The first kappa shape index (κ1) is 15.6. The van der Waals surface area contributed by atoms with E-state index in [0.717, 1.165) is 0 Å². The molecular weight excluding hydrogens is 286 g/mol. The highest BCUT2D eigenvalue weighted by Gasteiger charge is 2.21. The number of esters is 1. The average molecular weight is 303 g/mol. The summed E-state index contributed by atoms with van der Waals surface area (Å²) in [5.41, 5.74) is 7.45. The minimum Gasteiger partial charge on any atom is -0.493 e. The predicted octanol–water partition coefficient (Wildman–Crippen LogP) is 1.84. The van der Waals surface area contributed by atoms with Crippen LogP contribution in [0, 0.1) is 6.92 Å². The first-order valence-corrected chi connectivity index (χ1v) is 6.46. The van der Waals surface area contributed by atoms with Gasteiger partial charge in [-0.05, 0) is 25.1 Å². The van der Waals surface area contributed by atoms with E-state index in [1.54, 1.807) is 32.2 Å². The van der Waals surface area contributed by atoms with Crippen LogP contribution in [0.25, 0.3) is 11.3 Å². The molecule has 0 aliphatic heterocycles. The summed E-state index contributed by atoms with van der Waals surface area (Å²) in [6.07, 6.45) is 0. The normalized spacial score (nSPS) is 10.2. The molecule has 0 spiro atoms. The molecule has 1 aromatic carbocycles. The minimum atomic E-state index is -0.526. The van der Waals surface area contributed by atoms with E-state index in [9.17, 15) is 4.79 Å². The standard InChI is InChI=1S/C15H17N3O4/c1-8-12(14(19)22-4)13(18-15(16)17-8)9-5-6-10(20-2)11(7-9)21-3/h5-7H,1-4H3,(H2,16,17,18). The number of hydrogen-bond donors (Lipinski definition) is 1. The van der Waals surface area contributed by atoms with Gasteiger partial charge in [0, 0.05) is 5.56 Å². The number of benzene rings is 1. The summed E-state index contributed by atoms with van der Waals surface area (Å²) in [5, 5.41) is 0. The number of nitrogen functional groups attached to an aromatic ring is 1. The Morgan fingerprint density at radius 1 is 1.09 bits per heavy atom. The molecule has 7 heteroatoms. The van der Waals surface area contributed by atoms with Crippen LogP contribution >= 0.6 is 0 Å². The molecule has 116 valence electrons. The molecule has 2 rings (SSSR count). The van der Waals surface area contributed by atoms with Crippen LogP contribution in [-0.2, 0) is 4.74 Å². The van der Waals surface area contributed by atoms with Crippen LogP contribution in [0.4, 0.5) is 5.95 Å². The maximum Gasteiger partial charge on any atom is 0.341 e. The summed E-state index contributed by atoms with van der Waals surface area (Å²) < 4.78 is 15.3. The number of ether oxygens (including phenoxy) is 3. The van der Waals surface area contributed by atoms with E-state index in [1.807, 2.05) is 0 Å². The lowest BCUT2D eigenvalue weighted by atomic mass is 10.0. The van der Waals surface area contributed by atoms with Crippen molar-refractivity contribution in [3.05, 3.63) is 29.5 Å². The van der Waals surface area contributed by atoms with Crippen LogP contribution in [0.15, 0.2) is 18.2 Å². The van der Waals surface area contributed by atoms with Crippen LogP contribution in [0.1, 0.15) is 16.1 Å². The Labute approximate surface area is 128 Å². The monoisotopic (exact) mass is 303 g/mol. The second kappa shape index (κ2) is 6.30. The molecule has 0 saturated carbocycles. The van der Waals surface area contributed by atoms with Crippen molar-refractivity contribution in [1.29, 1.82) is 0 Å². The first-order chi connectivity index (χ1) is 10.5. The van der Waals surface area contributed by atoms with E-state index in [4.69, 9.17) is 19.9 Å². The molecular formula is C15H17N3O4. The molecule has 0 saturated heterocycles. The smallest absolute Gasteiger partial charge is 0.341 e. The molecule has 7 nitrogen and oxygen atoms in total. The number of carbonyl (C=O) groups excluding carboxylic acids is 1. The van der Waals surface area contributed by atoms with Gasteiger partial charge in [-0.1, -0.05) is 0 Å². The third-order valence-electron chi connectivity index (χ3n) is 3.15. The molecule has 0 unspecified atom stereocenters. The molecule has 1 aromatic heterocycles. The largest absolute Gasteiger partial charge is 0.493 e. The van der Waals surface area contributed by atoms with E-state index >= 15 is 0 Å². The molecule has 2 N–H and O–H groups in total. The fourth-order valence-electron chi connectivity index (χ4n) is 2.13. The molecule has 22 heavy (non-hydrogen) atoms. The highest BCUT2D eigenvalue weighted by Crippen LogP contribution is 2.33. The van der Waals surface area contributed by atoms with Crippen molar-refractivity contribution in [2.24, 2.45) is 0 Å². The van der Waals surface area contributed by atoms with Crippen molar-refractivity contribution >= 4 is 11.9 Å². The Balaban J connectivity index is 2.68. The molecule has 0 amide bonds. The molecule has 1 heterocycles. The molecule has 0 radical (unpaired) electrons. The third kappa shape index (κ3) is 2.78. The van der Waals surface area contributed by atoms with Gasteiger partial charge in [-0.15, -0.1) is 0 Å². The Morgan fingerprint density at radius 3 is 2.36 bits per heavy atom. The number of hydrogen-bond acceptors (Lipinski definition) is 7. The van der Waals surface area contributed by atoms with Crippen LogP contribution in [0.5, 0.6) is 11.5 Å². The second-order valence-corrected chi connectivity index (χ2v) is 4.45. The van der Waals surface area contributed by atoms with E-state index in [1.165, 1.54) is 14.2 Å². The number of aromatic nitrogens is 2. The first-order valence-electron chi connectivity index (χ1n) is 6.46. The van der Waals surface area contributed by atoms with Gasteiger partial charge in [0.05, 0.1) is 32.7 Å². The summed E-state index contributed by atoms with van der Waals surface area (Å²) in [6, 6.07) is 5.20. The Bertz CT molecular complexity index is 716. The Kier molecular flexibility index (Phi) is 4.45. The summed E-state index contributed by atoms with van der Waals surface area (Å²) in [6.45, 7) is 1.68. The number of rotatable bonds is 4. The lowest BCUT2D eigenvalue weighted by molar-refractivity contribution is 0.0600. The topological polar surface area (TPSA) is 96.6 Å². The molecule has 0 fully saturated rings. The summed E-state index contributed by atoms with van der Waals surface area (Å²) in [7, 11) is 4.38. The van der Waals surface area contributed by atoms with Crippen LogP contribution in [0.3, 0.4) is 0 Å². The van der Waals surface area contributed by atoms with Gasteiger partial charge in [-0.25, -0.2) is 14.8 Å². The molecule has 0 atom stereocenters. The van der Waals surface area contributed by atoms with Crippen LogP contribution in [0.2, 0.25) is 0 Å². The SMILES string of the molecule is COC(=O)c1c(C)nc(N)nc1-c1ccc(OC)c(OC)c1. The fourth-order valence-corrected chi connectivity index (χ4v) is 2.13. The minimum absolute atomic E-state index is 0.0786. The van der Waals surface area contributed by atoms with Crippen molar-refractivity contribution < 1.29 is 19.0 Å². The maximum atomic E-state index is 12.0. The summed E-state index contributed by atoms with van der Waals surface area (Å²) in [4.78, 5) is 20.2. The van der Waals surface area contributed by atoms with Gasteiger partial charge >= 0.3 is 5.97 Å². The molecule has 0 aliphatic rings. The lowest BCUT2D eigenvalue weighted by Crippen LogP contribution is -2.11. The average Bonchev–Trinajstić information content (AvgIpc) is 2.52. The molecule has 0 aliphatic carbocycles. The van der Waals surface area contributed by atoms with E-state index in [-0.39, 0.29) is 11.5 Å². The van der Waals surface area contributed by atoms with E-state index < -0.39 is 5.97 Å². The van der Waals surface area contributed by atoms with Gasteiger partial charge < -0.3 is 19.9 Å². The van der Waals surface area contributed by atoms with Crippen molar-refractivity contribution in [3.63, 3.8) is 0 Å². The van der Waals surface area contributed by atoms with Gasteiger partial charge in [0.1, 0.15) is 5.56 Å². The molecule has 2 aromatic rings. The maximum absolute atomic E-state index is 12.0. The van der Waals surface area contributed by atoms with Gasteiger partial charge in [-0.3, -0.25) is 0 Å². The van der Waals surface area contributed by atoms with Crippen molar-refractivity contribution in [1.82, 2.24) is 9.97 Å². The van der Waals surface area contributed by atoms with Gasteiger partial charge in [0.15, 0.2) is 11.5 Å². The number of anilines is 1. The number of methoxy groups -OCH3 is 3. The van der Waals surface area contributed by atoms with Gasteiger partial charge in [0.2, 0.25) is 5.95 Å². The zero-order valence-electron chi connectivity index (χ0n) is 12.8. The molecule has 0 bridgehead atoms. The zero-order valence-corrected chi connectivity index (χ0v) is 12.8.